The molecule has 0 saturated carbocycles. The third-order valence-corrected chi connectivity index (χ3v) is 2.62. The van der Waals surface area contributed by atoms with Gasteiger partial charge in [-0.3, -0.25) is 0 Å². The van der Waals surface area contributed by atoms with E-state index in [1.807, 2.05) is 26.8 Å². The van der Waals surface area contributed by atoms with Crippen LogP contribution in [0, 0.1) is 6.92 Å². The zero-order valence-electron chi connectivity index (χ0n) is 11.7. The lowest BCUT2D eigenvalue weighted by Gasteiger charge is -2.01. The predicted molar refractivity (Wildman–Crippen MR) is 85.7 cm³/mol. The van der Waals surface area contributed by atoms with Crippen molar-refractivity contribution >= 4 is 14.8 Å². The van der Waals surface area contributed by atoms with Crippen LogP contribution in [0.15, 0.2) is 54.1 Å². The van der Waals surface area contributed by atoms with Gasteiger partial charge >= 0.3 is 0 Å². The van der Waals surface area contributed by atoms with E-state index in [9.17, 15) is 5.11 Å². The smallest absolute Gasteiger partial charge is 0.122 e. The maximum atomic E-state index is 9.46. The van der Waals surface area contributed by atoms with E-state index >= 15 is 0 Å². The highest BCUT2D eigenvalue weighted by atomic mass is 31.0. The van der Waals surface area contributed by atoms with Crippen LogP contribution in [0.25, 0.3) is 5.57 Å². The molecule has 1 unspecified atom stereocenters. The van der Waals surface area contributed by atoms with Crippen molar-refractivity contribution in [2.75, 3.05) is 0 Å². The Balaban J connectivity index is 0.00000137. The average molecular weight is 262 g/mol. The Hall–Kier alpha value is -1.33. The molecular weight excluding hydrogens is 239 g/mol. The fourth-order valence-electron chi connectivity index (χ4n) is 1.22. The van der Waals surface area contributed by atoms with Crippen molar-refractivity contribution < 1.29 is 5.11 Å². The number of aliphatic hydroxyl groups is 1. The summed E-state index contributed by atoms with van der Waals surface area (Å²) in [5.41, 5.74) is 3.51. The number of aryl methyl sites for hydroxylation is 1. The van der Waals surface area contributed by atoms with Crippen LogP contribution >= 0.6 is 9.24 Å². The molecule has 2 heteroatoms. The minimum absolute atomic E-state index is 0.191. The van der Waals surface area contributed by atoms with Gasteiger partial charge in [-0.25, -0.2) is 0 Å². The quantitative estimate of drug-likeness (QED) is 0.448. The Morgan fingerprint density at radius 1 is 1.17 bits per heavy atom. The highest BCUT2D eigenvalue weighted by Gasteiger charge is 1.95. The molecule has 0 saturated heterocycles. The second kappa shape index (κ2) is 8.72. The van der Waals surface area contributed by atoms with Crippen LogP contribution in [0.4, 0.5) is 0 Å². The number of aliphatic hydroxyl groups excluding tert-OH is 1. The Bertz CT molecular complexity index is 439. The molecule has 0 spiro atoms. The zero-order valence-corrected chi connectivity index (χ0v) is 12.9. The summed E-state index contributed by atoms with van der Waals surface area (Å²) in [7, 11) is 2.37. The minimum atomic E-state index is 0.191. The average Bonchev–Trinajstić information content (AvgIpc) is 2.38. The second-order valence-electron chi connectivity index (χ2n) is 3.79. The lowest BCUT2D eigenvalue weighted by Crippen LogP contribution is -1.81. The van der Waals surface area contributed by atoms with Gasteiger partial charge in [0.05, 0.1) is 0 Å². The largest absolute Gasteiger partial charge is 0.507 e. The Morgan fingerprint density at radius 2 is 1.67 bits per heavy atom. The Morgan fingerprint density at radius 3 is 2.11 bits per heavy atom. The molecule has 0 bridgehead atoms. The first kappa shape index (κ1) is 16.7. The highest BCUT2D eigenvalue weighted by Crippen LogP contribution is 2.16. The van der Waals surface area contributed by atoms with Gasteiger partial charge in [-0.15, -0.1) is 9.24 Å². The molecule has 0 heterocycles. The summed E-state index contributed by atoms with van der Waals surface area (Å²) >= 11 is 0. The minimum Gasteiger partial charge on any atom is -0.507 e. The van der Waals surface area contributed by atoms with Gasteiger partial charge in [0.1, 0.15) is 5.76 Å². The van der Waals surface area contributed by atoms with Crippen LogP contribution in [-0.4, -0.2) is 5.11 Å². The summed E-state index contributed by atoms with van der Waals surface area (Å²) in [5.74, 6) is 0.191. The molecule has 1 atom stereocenters. The van der Waals surface area contributed by atoms with E-state index < -0.39 is 0 Å². The molecule has 0 aliphatic rings. The van der Waals surface area contributed by atoms with Crippen LogP contribution < -0.4 is 0 Å². The molecule has 1 nitrogen and oxygen atoms in total. The van der Waals surface area contributed by atoms with Crippen LogP contribution in [0.1, 0.15) is 31.9 Å². The number of rotatable bonds is 3. The van der Waals surface area contributed by atoms with E-state index in [1.54, 1.807) is 6.08 Å². The number of allylic oxidation sites excluding steroid dienone is 4. The van der Waals surface area contributed by atoms with Crippen LogP contribution in [0.2, 0.25) is 0 Å². The first-order valence-electron chi connectivity index (χ1n) is 6.10. The first-order valence-corrected chi connectivity index (χ1v) is 6.68. The van der Waals surface area contributed by atoms with Gasteiger partial charge in [-0.1, -0.05) is 56.3 Å². The summed E-state index contributed by atoms with van der Waals surface area (Å²) in [6.07, 6.45) is 3.54. The van der Waals surface area contributed by atoms with Gasteiger partial charge in [0, 0.05) is 5.31 Å². The second-order valence-corrected chi connectivity index (χ2v) is 4.49. The SMILES string of the molecule is C=C(P)/C(O)=C\C=C(/C)c1ccc(C)cc1.CC. The standard InChI is InChI=1S/C14H17OP.C2H6/c1-10-4-7-13(8-5-10)11(2)6-9-14(15)12(3)16;1-2/h4-9,15H,3,16H2,1-2H3;1-2H3/b11-6+,14-9+;. The summed E-state index contributed by atoms with van der Waals surface area (Å²) in [6.45, 7) is 11.7. The lowest BCUT2D eigenvalue weighted by atomic mass is 10.1. The molecule has 0 radical (unpaired) electrons. The molecule has 18 heavy (non-hydrogen) atoms. The van der Waals surface area contributed by atoms with Crippen LogP contribution in [0.5, 0.6) is 0 Å². The third kappa shape index (κ3) is 5.84. The van der Waals surface area contributed by atoms with E-state index in [4.69, 9.17) is 0 Å². The topological polar surface area (TPSA) is 20.2 Å². The van der Waals surface area contributed by atoms with Crippen molar-refractivity contribution in [3.8, 4) is 0 Å². The maximum Gasteiger partial charge on any atom is 0.122 e. The van der Waals surface area contributed by atoms with Crippen molar-refractivity contribution in [3.63, 3.8) is 0 Å². The van der Waals surface area contributed by atoms with Gasteiger partial charge in [0.15, 0.2) is 0 Å². The van der Waals surface area contributed by atoms with Gasteiger partial charge in [-0.2, -0.15) is 0 Å². The molecule has 1 N–H and O–H groups in total. The molecule has 1 aromatic carbocycles. The van der Waals surface area contributed by atoms with Gasteiger partial charge < -0.3 is 5.11 Å². The van der Waals surface area contributed by atoms with Crippen molar-refractivity contribution in [2.24, 2.45) is 0 Å². The summed E-state index contributed by atoms with van der Waals surface area (Å²) in [6, 6.07) is 8.29. The van der Waals surface area contributed by atoms with Crippen LogP contribution in [0.3, 0.4) is 0 Å². The van der Waals surface area contributed by atoms with Crippen molar-refractivity contribution in [1.82, 2.24) is 0 Å². The number of hydrogen-bond acceptors (Lipinski definition) is 1. The van der Waals surface area contributed by atoms with Crippen LogP contribution in [-0.2, 0) is 0 Å². The Kier molecular flexibility index (Phi) is 8.07. The van der Waals surface area contributed by atoms with E-state index in [0.29, 0.717) is 5.31 Å². The summed E-state index contributed by atoms with van der Waals surface area (Å²) in [5, 5.41) is 10.1. The zero-order chi connectivity index (χ0) is 14.1. The fraction of sp³-hybridized carbons (Fsp3) is 0.250. The Labute approximate surface area is 113 Å². The molecule has 0 fully saturated rings. The molecule has 0 amide bonds. The third-order valence-electron chi connectivity index (χ3n) is 2.33. The van der Waals surface area contributed by atoms with E-state index in [-0.39, 0.29) is 5.76 Å². The van der Waals surface area contributed by atoms with Gasteiger partial charge in [0.2, 0.25) is 0 Å². The van der Waals surface area contributed by atoms with Crippen molar-refractivity contribution in [3.05, 3.63) is 65.2 Å². The molecule has 98 valence electrons. The predicted octanol–water partition coefficient (Wildman–Crippen LogP) is 5.26. The normalized spacial score (nSPS) is 11.6. The maximum absolute atomic E-state index is 9.46. The van der Waals surface area contributed by atoms with E-state index in [1.165, 1.54) is 5.56 Å². The number of benzene rings is 1. The fourth-order valence-corrected chi connectivity index (χ4v) is 1.32. The molecule has 0 aliphatic heterocycles. The van der Waals surface area contributed by atoms with E-state index in [2.05, 4.69) is 47.0 Å². The monoisotopic (exact) mass is 262 g/mol. The lowest BCUT2D eigenvalue weighted by molar-refractivity contribution is 0.430. The molecular formula is C16H23OP. The summed E-state index contributed by atoms with van der Waals surface area (Å²) in [4.78, 5) is 0. The van der Waals surface area contributed by atoms with Gasteiger partial charge in [-0.05, 0) is 31.1 Å². The summed E-state index contributed by atoms with van der Waals surface area (Å²) < 4.78 is 0. The molecule has 1 aromatic rings. The molecule has 1 rings (SSSR count). The first-order chi connectivity index (χ1) is 8.50. The van der Waals surface area contributed by atoms with Gasteiger partial charge in [0.25, 0.3) is 0 Å². The highest BCUT2D eigenvalue weighted by molar-refractivity contribution is 7.22. The van der Waals surface area contributed by atoms with Crippen molar-refractivity contribution in [1.29, 1.82) is 0 Å². The number of hydrogen-bond donors (Lipinski definition) is 1. The molecule has 0 aromatic heterocycles. The van der Waals surface area contributed by atoms with Crippen molar-refractivity contribution in [2.45, 2.75) is 27.7 Å². The van der Waals surface area contributed by atoms with E-state index in [0.717, 1.165) is 11.1 Å². The molecule has 0 aliphatic carbocycles.